The van der Waals surface area contributed by atoms with Crippen molar-refractivity contribution in [1.82, 2.24) is 14.1 Å². The van der Waals surface area contributed by atoms with Crippen LogP contribution in [0.2, 0.25) is 0 Å². The van der Waals surface area contributed by atoms with Crippen molar-refractivity contribution < 1.29 is 9.90 Å². The predicted molar refractivity (Wildman–Crippen MR) is 122 cm³/mol. The Labute approximate surface area is 180 Å². The molecule has 0 saturated heterocycles. The Kier molecular flexibility index (Phi) is 4.54. The lowest BCUT2D eigenvalue weighted by atomic mass is 9.92. The van der Waals surface area contributed by atoms with Crippen LogP contribution in [0.25, 0.3) is 21.9 Å². The fourth-order valence-electron chi connectivity index (χ4n) is 5.66. The molecule has 160 valence electrons. The molecular formula is C25H27N3O3. The highest BCUT2D eigenvalue weighted by atomic mass is 16.4. The van der Waals surface area contributed by atoms with Gasteiger partial charge in [-0.3, -0.25) is 13.9 Å². The Bertz CT molecular complexity index is 1350. The van der Waals surface area contributed by atoms with E-state index in [2.05, 4.69) is 18.0 Å². The Hall–Kier alpha value is -3.28. The van der Waals surface area contributed by atoms with Crippen molar-refractivity contribution in [3.8, 4) is 0 Å². The molecule has 2 heterocycles. The fraction of sp³-hybridized carbons (Fsp3) is 0.360. The van der Waals surface area contributed by atoms with Crippen molar-refractivity contribution in [2.24, 2.45) is 0 Å². The van der Waals surface area contributed by atoms with Crippen molar-refractivity contribution in [3.05, 3.63) is 70.3 Å². The summed E-state index contributed by atoms with van der Waals surface area (Å²) in [5.41, 5.74) is 4.16. The van der Waals surface area contributed by atoms with E-state index in [1.807, 2.05) is 54.1 Å². The maximum atomic E-state index is 13.9. The minimum Gasteiger partial charge on any atom is -0.481 e. The molecule has 1 atom stereocenters. The zero-order valence-corrected chi connectivity index (χ0v) is 17.9. The lowest BCUT2D eigenvalue weighted by Gasteiger charge is -2.29. The molecule has 1 aliphatic carbocycles. The van der Waals surface area contributed by atoms with Gasteiger partial charge in [0.1, 0.15) is 0 Å². The average Bonchev–Trinajstić information content (AvgIpc) is 3.43. The first kappa shape index (κ1) is 19.7. The molecule has 2 N–H and O–H groups in total. The van der Waals surface area contributed by atoms with Crippen molar-refractivity contribution in [2.75, 3.05) is 0 Å². The number of hydrogen-bond donors (Lipinski definition) is 2. The van der Waals surface area contributed by atoms with Crippen molar-refractivity contribution in [3.63, 3.8) is 0 Å². The molecule has 0 aliphatic heterocycles. The molecule has 2 aromatic heterocycles. The number of rotatable bonds is 5. The number of aryl methyl sites for hydroxylation is 1. The van der Waals surface area contributed by atoms with Crippen LogP contribution in [0.1, 0.15) is 56.2 Å². The van der Waals surface area contributed by atoms with Crippen LogP contribution in [0.3, 0.4) is 0 Å². The molecule has 6 heteroatoms. The van der Waals surface area contributed by atoms with Gasteiger partial charge >= 0.3 is 11.7 Å². The van der Waals surface area contributed by atoms with Gasteiger partial charge in [-0.05, 0) is 50.5 Å². The van der Waals surface area contributed by atoms with Crippen LogP contribution in [-0.2, 0) is 10.3 Å². The van der Waals surface area contributed by atoms with Crippen molar-refractivity contribution in [2.45, 2.75) is 57.5 Å². The minimum atomic E-state index is -0.856. The van der Waals surface area contributed by atoms with Gasteiger partial charge < -0.3 is 10.1 Å². The number of benzene rings is 2. The molecule has 1 fully saturated rings. The fourth-order valence-corrected chi connectivity index (χ4v) is 5.66. The lowest BCUT2D eigenvalue weighted by molar-refractivity contribution is -0.139. The number of aromatic amines is 1. The number of fused-ring (bicyclic) bond motifs is 2. The summed E-state index contributed by atoms with van der Waals surface area (Å²) in [5.74, 6) is -0.856. The number of H-pyrrole nitrogens is 1. The monoisotopic (exact) mass is 417 g/mol. The van der Waals surface area contributed by atoms with Gasteiger partial charge in [0.2, 0.25) is 0 Å². The minimum absolute atomic E-state index is 0.0263. The summed E-state index contributed by atoms with van der Waals surface area (Å²) in [6.07, 6.45) is 5.28. The van der Waals surface area contributed by atoms with Crippen LogP contribution < -0.4 is 5.69 Å². The van der Waals surface area contributed by atoms with E-state index in [1.165, 1.54) is 0 Å². The zero-order chi connectivity index (χ0) is 21.8. The third-order valence-corrected chi connectivity index (χ3v) is 7.05. The van der Waals surface area contributed by atoms with Crippen LogP contribution in [0.15, 0.2) is 53.5 Å². The van der Waals surface area contributed by atoms with E-state index in [9.17, 15) is 14.7 Å². The summed E-state index contributed by atoms with van der Waals surface area (Å²) in [6, 6.07) is 13.7. The lowest BCUT2D eigenvalue weighted by Crippen LogP contribution is -2.41. The standard InChI is InChI=1S/C25H27N3O3/c1-16-8-7-9-19-23(16)18(15-26-19)17(2)27-20-10-3-4-11-21(20)28(24(27)31)25(14-22(29)30)12-5-6-13-25/h3-4,7-11,15,17,26H,5-6,12-14H2,1-2H3,(H,29,30). The molecule has 0 spiro atoms. The van der Waals surface area contributed by atoms with Crippen LogP contribution in [-0.4, -0.2) is 25.2 Å². The van der Waals surface area contributed by atoms with Gasteiger partial charge in [-0.25, -0.2) is 4.79 Å². The summed E-state index contributed by atoms with van der Waals surface area (Å²) in [4.78, 5) is 29.1. The highest BCUT2D eigenvalue weighted by molar-refractivity contribution is 5.87. The number of aliphatic carboxylic acids is 1. The van der Waals surface area contributed by atoms with E-state index in [0.717, 1.165) is 45.9 Å². The van der Waals surface area contributed by atoms with Gasteiger partial charge in [0, 0.05) is 22.7 Å². The first-order chi connectivity index (χ1) is 14.9. The molecule has 4 aromatic rings. The summed E-state index contributed by atoms with van der Waals surface area (Å²) in [5, 5.41) is 10.8. The quantitative estimate of drug-likeness (QED) is 0.482. The highest BCUT2D eigenvalue weighted by Gasteiger charge is 2.41. The Morgan fingerprint density at radius 1 is 1.13 bits per heavy atom. The van der Waals surface area contributed by atoms with Gasteiger partial charge in [0.15, 0.2) is 0 Å². The first-order valence-corrected chi connectivity index (χ1v) is 10.9. The largest absolute Gasteiger partial charge is 0.481 e. The number of nitrogens with one attached hydrogen (secondary N) is 1. The number of imidazole rings is 1. The van der Waals surface area contributed by atoms with Gasteiger partial charge in [-0.15, -0.1) is 0 Å². The summed E-state index contributed by atoms with van der Waals surface area (Å²) < 4.78 is 3.63. The molecule has 2 aromatic carbocycles. The second-order valence-electron chi connectivity index (χ2n) is 8.90. The summed E-state index contributed by atoms with van der Waals surface area (Å²) >= 11 is 0. The van der Waals surface area contributed by atoms with Crippen molar-refractivity contribution in [1.29, 1.82) is 0 Å². The number of carboxylic acids is 1. The number of hydrogen-bond acceptors (Lipinski definition) is 2. The maximum absolute atomic E-state index is 13.9. The third-order valence-electron chi connectivity index (χ3n) is 7.05. The number of carboxylic acid groups (broad SMARTS) is 1. The average molecular weight is 418 g/mol. The van der Waals surface area contributed by atoms with Crippen LogP contribution in [0.4, 0.5) is 0 Å². The van der Waals surface area contributed by atoms with E-state index in [-0.39, 0.29) is 18.2 Å². The third kappa shape index (κ3) is 2.92. The van der Waals surface area contributed by atoms with E-state index in [1.54, 1.807) is 4.57 Å². The normalized spacial score (nSPS) is 16.8. The number of carbonyl (C=O) groups is 1. The van der Waals surface area contributed by atoms with Crippen LogP contribution in [0.5, 0.6) is 0 Å². The molecule has 5 rings (SSSR count). The van der Waals surface area contributed by atoms with Crippen LogP contribution >= 0.6 is 0 Å². The Morgan fingerprint density at radius 2 is 1.84 bits per heavy atom. The number of aromatic nitrogens is 3. The van der Waals surface area contributed by atoms with E-state index in [4.69, 9.17) is 0 Å². The molecule has 6 nitrogen and oxygen atoms in total. The Morgan fingerprint density at radius 3 is 2.55 bits per heavy atom. The second kappa shape index (κ2) is 7.15. The van der Waals surface area contributed by atoms with Gasteiger partial charge in [-0.1, -0.05) is 37.1 Å². The molecule has 0 amide bonds. The molecule has 1 saturated carbocycles. The van der Waals surface area contributed by atoms with E-state index < -0.39 is 11.5 Å². The highest BCUT2D eigenvalue weighted by Crippen LogP contribution is 2.41. The maximum Gasteiger partial charge on any atom is 0.330 e. The SMILES string of the molecule is Cc1cccc2[nH]cc(C(C)n3c(=O)n(C4(CC(=O)O)CCCC4)c4ccccc43)c12. The number of nitrogens with zero attached hydrogens (tertiary/aromatic N) is 2. The first-order valence-electron chi connectivity index (χ1n) is 10.9. The molecular weight excluding hydrogens is 390 g/mol. The van der Waals surface area contributed by atoms with Gasteiger partial charge in [0.25, 0.3) is 0 Å². The molecule has 1 unspecified atom stereocenters. The molecule has 0 bridgehead atoms. The predicted octanol–water partition coefficient (Wildman–Crippen LogP) is 4.95. The Balaban J connectivity index is 1.77. The van der Waals surface area contributed by atoms with Crippen LogP contribution in [0, 0.1) is 6.92 Å². The van der Waals surface area contributed by atoms with E-state index >= 15 is 0 Å². The second-order valence-corrected chi connectivity index (χ2v) is 8.90. The molecule has 0 radical (unpaired) electrons. The van der Waals surface area contributed by atoms with Gasteiger partial charge in [0.05, 0.1) is 29.0 Å². The number of para-hydroxylation sites is 2. The smallest absolute Gasteiger partial charge is 0.330 e. The topological polar surface area (TPSA) is 80.0 Å². The molecule has 31 heavy (non-hydrogen) atoms. The summed E-state index contributed by atoms with van der Waals surface area (Å²) in [7, 11) is 0. The molecule has 1 aliphatic rings. The van der Waals surface area contributed by atoms with Crippen molar-refractivity contribution >= 4 is 27.9 Å². The van der Waals surface area contributed by atoms with E-state index in [0.29, 0.717) is 12.8 Å². The van der Waals surface area contributed by atoms with Gasteiger partial charge in [-0.2, -0.15) is 0 Å². The zero-order valence-electron chi connectivity index (χ0n) is 17.9. The summed E-state index contributed by atoms with van der Waals surface area (Å²) in [6.45, 7) is 4.13.